The minimum atomic E-state index is -2.97. The second-order valence-electron chi connectivity index (χ2n) is 8.49. The highest BCUT2D eigenvalue weighted by Gasteiger charge is 2.32. The summed E-state index contributed by atoms with van der Waals surface area (Å²) in [5.41, 5.74) is 1.04. The first-order valence-electron chi connectivity index (χ1n) is 11.7. The van der Waals surface area contributed by atoms with Gasteiger partial charge in [0, 0.05) is 6.04 Å². The molecule has 0 spiro atoms. The number of phenols is 1. The van der Waals surface area contributed by atoms with Crippen LogP contribution in [0.3, 0.4) is 0 Å². The highest BCUT2D eigenvalue weighted by Crippen LogP contribution is 2.32. The van der Waals surface area contributed by atoms with Gasteiger partial charge in [0.25, 0.3) is 5.91 Å². The van der Waals surface area contributed by atoms with Crippen LogP contribution in [-0.2, 0) is 9.59 Å². The zero-order valence-electron chi connectivity index (χ0n) is 20.9. The van der Waals surface area contributed by atoms with Gasteiger partial charge in [0.2, 0.25) is 5.91 Å². The highest BCUT2D eigenvalue weighted by atomic mass is 32.2. The van der Waals surface area contributed by atoms with Crippen LogP contribution in [0.5, 0.6) is 17.2 Å². The molecule has 0 fully saturated rings. The van der Waals surface area contributed by atoms with Gasteiger partial charge in [0.05, 0.1) is 18.0 Å². The van der Waals surface area contributed by atoms with Crippen LogP contribution in [0, 0.1) is 5.92 Å². The second-order valence-corrected chi connectivity index (χ2v) is 9.43. The van der Waals surface area contributed by atoms with Crippen molar-refractivity contribution in [1.29, 1.82) is 0 Å². The highest BCUT2D eigenvalue weighted by molar-refractivity contribution is 8.14. The number of amides is 2. The van der Waals surface area contributed by atoms with E-state index < -0.39 is 12.5 Å². The van der Waals surface area contributed by atoms with Crippen LogP contribution >= 0.6 is 11.8 Å². The summed E-state index contributed by atoms with van der Waals surface area (Å²) in [6.45, 7) is 5.07. The molecule has 2 N–H and O–H groups in total. The lowest BCUT2D eigenvalue weighted by molar-refractivity contribution is -0.119. The van der Waals surface area contributed by atoms with Gasteiger partial charge in [-0.25, -0.2) is 4.99 Å². The molecule has 0 radical (unpaired) electrons. The molecule has 11 heteroatoms. The molecular formula is C26H29F2N3O5S. The first-order chi connectivity index (χ1) is 17.6. The molecule has 1 aliphatic rings. The van der Waals surface area contributed by atoms with Crippen molar-refractivity contribution >= 4 is 40.5 Å². The number of alkyl halides is 2. The molecule has 0 saturated heterocycles. The third-order valence-corrected chi connectivity index (χ3v) is 6.40. The number of benzene rings is 2. The molecule has 3 rings (SSSR count). The number of nitrogens with zero attached hydrogens (tertiary/aromatic N) is 2. The van der Waals surface area contributed by atoms with E-state index in [1.807, 2.05) is 20.8 Å². The number of ether oxygens (including phenoxy) is 2. The third-order valence-electron chi connectivity index (χ3n) is 5.46. The number of aliphatic imine (C=N–C) groups is 1. The number of rotatable bonds is 10. The molecule has 198 valence electrons. The minimum absolute atomic E-state index is 0.0211. The monoisotopic (exact) mass is 533 g/mol. The van der Waals surface area contributed by atoms with Crippen molar-refractivity contribution in [2.45, 2.75) is 40.3 Å². The molecule has 2 aromatic carbocycles. The molecule has 2 aromatic rings. The van der Waals surface area contributed by atoms with Crippen LogP contribution in [0.25, 0.3) is 6.08 Å². The molecule has 1 atom stereocenters. The number of anilines is 1. The van der Waals surface area contributed by atoms with E-state index in [9.17, 15) is 23.5 Å². The van der Waals surface area contributed by atoms with Crippen molar-refractivity contribution in [1.82, 2.24) is 5.32 Å². The number of carbonyl (C=O) groups is 2. The SMILES string of the molecule is CCOc1cc(/C=C2/N=C(SCC(=O)N[C@H](C)C(C)C)N(c3ccc(OC(F)F)cc3)C2=O)ccc1O. The van der Waals surface area contributed by atoms with Gasteiger partial charge in [-0.3, -0.25) is 14.5 Å². The average molecular weight is 534 g/mol. The topological polar surface area (TPSA) is 100 Å². The van der Waals surface area contributed by atoms with Crippen molar-refractivity contribution in [3.63, 3.8) is 0 Å². The number of phenolic OH excluding ortho intramolecular Hbond substituents is 1. The number of carbonyl (C=O) groups excluding carboxylic acids is 2. The summed E-state index contributed by atoms with van der Waals surface area (Å²) >= 11 is 1.08. The van der Waals surface area contributed by atoms with Crippen LogP contribution in [-0.4, -0.2) is 47.1 Å². The number of hydrogen-bond donors (Lipinski definition) is 2. The Labute approximate surface area is 218 Å². The Morgan fingerprint density at radius 2 is 1.89 bits per heavy atom. The molecule has 0 aliphatic carbocycles. The Morgan fingerprint density at radius 1 is 1.19 bits per heavy atom. The first-order valence-corrected chi connectivity index (χ1v) is 12.6. The van der Waals surface area contributed by atoms with Gasteiger partial charge in [0.1, 0.15) is 11.4 Å². The van der Waals surface area contributed by atoms with E-state index in [0.29, 0.717) is 17.9 Å². The van der Waals surface area contributed by atoms with E-state index >= 15 is 0 Å². The maximum atomic E-state index is 13.4. The molecule has 1 heterocycles. The summed E-state index contributed by atoms with van der Waals surface area (Å²) in [7, 11) is 0. The van der Waals surface area contributed by atoms with Crippen molar-refractivity contribution in [2.75, 3.05) is 17.3 Å². The maximum absolute atomic E-state index is 13.4. The van der Waals surface area contributed by atoms with E-state index in [4.69, 9.17) is 4.74 Å². The lowest BCUT2D eigenvalue weighted by Gasteiger charge is -2.19. The van der Waals surface area contributed by atoms with E-state index in [2.05, 4.69) is 15.0 Å². The molecule has 1 aliphatic heterocycles. The number of hydrogen-bond acceptors (Lipinski definition) is 7. The maximum Gasteiger partial charge on any atom is 0.387 e. The third kappa shape index (κ3) is 7.45. The van der Waals surface area contributed by atoms with Crippen LogP contribution in [0.2, 0.25) is 0 Å². The van der Waals surface area contributed by atoms with Crippen LogP contribution in [0.15, 0.2) is 53.2 Å². The lowest BCUT2D eigenvalue weighted by Crippen LogP contribution is -2.38. The normalized spacial score (nSPS) is 15.4. The van der Waals surface area contributed by atoms with Crippen LogP contribution < -0.4 is 19.7 Å². The van der Waals surface area contributed by atoms with Gasteiger partial charge < -0.3 is 19.9 Å². The minimum Gasteiger partial charge on any atom is -0.504 e. The van der Waals surface area contributed by atoms with Crippen molar-refractivity contribution < 1.29 is 33.0 Å². The number of halogens is 2. The summed E-state index contributed by atoms with van der Waals surface area (Å²) in [4.78, 5) is 31.6. The van der Waals surface area contributed by atoms with Crippen molar-refractivity contribution in [3.05, 3.63) is 53.7 Å². The zero-order valence-corrected chi connectivity index (χ0v) is 21.7. The van der Waals surface area contributed by atoms with E-state index in [-0.39, 0.29) is 51.7 Å². The summed E-state index contributed by atoms with van der Waals surface area (Å²) in [5, 5.41) is 13.1. The smallest absolute Gasteiger partial charge is 0.387 e. The number of amidine groups is 1. The Bertz CT molecular complexity index is 1190. The quantitative estimate of drug-likeness (QED) is 0.416. The fourth-order valence-electron chi connectivity index (χ4n) is 3.24. The van der Waals surface area contributed by atoms with Crippen molar-refractivity contribution in [2.24, 2.45) is 10.9 Å². The van der Waals surface area contributed by atoms with Crippen LogP contribution in [0.4, 0.5) is 14.5 Å². The summed E-state index contributed by atoms with van der Waals surface area (Å²) in [6, 6.07) is 10.2. The van der Waals surface area contributed by atoms with Crippen LogP contribution in [0.1, 0.15) is 33.3 Å². The molecular weight excluding hydrogens is 504 g/mol. The summed E-state index contributed by atoms with van der Waals surface area (Å²) in [6.07, 6.45) is 1.54. The fourth-order valence-corrected chi connectivity index (χ4v) is 4.06. The average Bonchev–Trinajstić information content (AvgIpc) is 3.15. The number of aromatic hydroxyl groups is 1. The lowest BCUT2D eigenvalue weighted by atomic mass is 10.1. The predicted octanol–water partition coefficient (Wildman–Crippen LogP) is 5.03. The largest absolute Gasteiger partial charge is 0.504 e. The van der Waals surface area contributed by atoms with E-state index in [0.717, 1.165) is 11.8 Å². The van der Waals surface area contributed by atoms with Gasteiger partial charge >= 0.3 is 6.61 Å². The van der Waals surface area contributed by atoms with E-state index in [1.54, 1.807) is 25.1 Å². The van der Waals surface area contributed by atoms with Gasteiger partial charge in [-0.15, -0.1) is 0 Å². The molecule has 0 bridgehead atoms. The van der Waals surface area contributed by atoms with Gasteiger partial charge in [0.15, 0.2) is 16.7 Å². The summed E-state index contributed by atoms with van der Waals surface area (Å²) < 4.78 is 34.9. The Morgan fingerprint density at radius 3 is 2.51 bits per heavy atom. The molecule has 0 aromatic heterocycles. The Hall–Kier alpha value is -3.60. The Kier molecular flexibility index (Phi) is 9.51. The standard InChI is InChI=1S/C26H29F2N3O5S/c1-5-35-22-13-17(6-11-21(22)32)12-20-24(34)31(18-7-9-19(10-8-18)36-25(27)28)26(30-20)37-14-23(33)29-16(4)15(2)3/h6-13,15-16,25,32H,5,14H2,1-4H3,(H,29,33)/b20-12+/t16-/m1/s1. The van der Waals surface area contributed by atoms with Gasteiger partial charge in [-0.05, 0) is 67.8 Å². The first kappa shape index (κ1) is 28.0. The second kappa shape index (κ2) is 12.6. The molecule has 8 nitrogen and oxygen atoms in total. The van der Waals surface area contributed by atoms with Gasteiger partial charge in [-0.1, -0.05) is 31.7 Å². The molecule has 0 unspecified atom stereocenters. The van der Waals surface area contributed by atoms with E-state index in [1.165, 1.54) is 35.2 Å². The predicted molar refractivity (Wildman–Crippen MR) is 140 cm³/mol. The fraction of sp³-hybridized carbons (Fsp3) is 0.346. The zero-order chi connectivity index (χ0) is 27.1. The molecule has 0 saturated carbocycles. The Balaban J connectivity index is 1.90. The van der Waals surface area contributed by atoms with Gasteiger partial charge in [-0.2, -0.15) is 8.78 Å². The molecule has 2 amide bonds. The van der Waals surface area contributed by atoms with Crippen molar-refractivity contribution in [3.8, 4) is 17.2 Å². The number of thioether (sulfide) groups is 1. The molecule has 37 heavy (non-hydrogen) atoms. The summed E-state index contributed by atoms with van der Waals surface area (Å²) in [5.74, 6) is -0.216. The number of nitrogens with one attached hydrogen (secondary N) is 1.